The van der Waals surface area contributed by atoms with Gasteiger partial charge in [0.05, 0.1) is 0 Å². The summed E-state index contributed by atoms with van der Waals surface area (Å²) in [5.41, 5.74) is 16.5. The monoisotopic (exact) mass is 164 g/mol. The Morgan fingerprint density at radius 1 is 1.00 bits per heavy atom. The quantitative estimate of drug-likeness (QED) is 0.422. The third kappa shape index (κ3) is 8.31. The first-order chi connectivity index (χ1) is 4.56. The van der Waals surface area contributed by atoms with Gasteiger partial charge in [0.2, 0.25) is 7.71 Å². The summed E-state index contributed by atoms with van der Waals surface area (Å²) in [6.45, 7) is 2.18. The summed E-state index contributed by atoms with van der Waals surface area (Å²) in [6, 6.07) is 0. The van der Waals surface area contributed by atoms with Gasteiger partial charge in [0.25, 0.3) is 0 Å². The fraction of sp³-hybridized carbons (Fsp3) is 1.00. The minimum atomic E-state index is -1.96. The molecule has 3 nitrogen and oxygen atoms in total. The zero-order valence-corrected chi connectivity index (χ0v) is 7.61. The Balaban J connectivity index is 3.04. The molecule has 0 spiro atoms. The topological polar surface area (TPSA) is 78.1 Å². The zero-order chi connectivity index (χ0) is 8.04. The Bertz CT molecular complexity index is 79.6. The lowest BCUT2D eigenvalue weighted by atomic mass is 10.2. The van der Waals surface area contributed by atoms with E-state index in [0.717, 1.165) is 12.6 Å². The molecule has 0 rings (SSSR count). The smallest absolute Gasteiger partial charge is 0.174 e. The van der Waals surface area contributed by atoms with Crippen LogP contribution in [0.4, 0.5) is 0 Å². The maximum atomic E-state index is 5.48. The molecule has 0 saturated heterocycles. The van der Waals surface area contributed by atoms with Crippen LogP contribution in [-0.4, -0.2) is 6.16 Å². The minimum absolute atomic E-state index is 0.826. The first kappa shape index (κ1) is 10.3. The summed E-state index contributed by atoms with van der Waals surface area (Å²) < 4.78 is 0. The number of unbranched alkanes of at least 4 members (excludes halogenated alkanes) is 3. The summed E-state index contributed by atoms with van der Waals surface area (Å²) in [6.07, 6.45) is 5.63. The van der Waals surface area contributed by atoms with Gasteiger partial charge in [0, 0.05) is 0 Å². The van der Waals surface area contributed by atoms with E-state index in [0.29, 0.717) is 0 Å². The van der Waals surface area contributed by atoms with Gasteiger partial charge in [-0.05, 0) is 12.8 Å². The van der Waals surface area contributed by atoms with E-state index in [1.807, 2.05) is 0 Å². The van der Waals surface area contributed by atoms with Crippen LogP contribution < -0.4 is 16.5 Å². The molecule has 0 heterocycles. The van der Waals surface area contributed by atoms with Crippen molar-refractivity contribution >= 4 is 7.71 Å². The lowest BCUT2D eigenvalue weighted by Gasteiger charge is -2.08. The molecule has 10 heavy (non-hydrogen) atoms. The molecular formula is C6H19N3P+. The van der Waals surface area contributed by atoms with Gasteiger partial charge in [-0.2, -0.15) is 16.5 Å². The maximum absolute atomic E-state index is 5.48. The van der Waals surface area contributed by atoms with Crippen molar-refractivity contribution in [1.29, 1.82) is 0 Å². The number of rotatable bonds is 5. The van der Waals surface area contributed by atoms with E-state index >= 15 is 0 Å². The molecule has 0 unspecified atom stereocenters. The van der Waals surface area contributed by atoms with E-state index in [1.54, 1.807) is 0 Å². The normalized spacial score (nSPS) is 12.0. The molecule has 0 aromatic carbocycles. The molecule has 0 amide bonds. The fourth-order valence-electron chi connectivity index (χ4n) is 0.812. The molecule has 0 bridgehead atoms. The van der Waals surface area contributed by atoms with Crippen molar-refractivity contribution in [2.24, 2.45) is 16.5 Å². The lowest BCUT2D eigenvalue weighted by Crippen LogP contribution is -2.25. The summed E-state index contributed by atoms with van der Waals surface area (Å²) in [5.74, 6) is 0. The summed E-state index contributed by atoms with van der Waals surface area (Å²) in [5, 5.41) is 0. The van der Waals surface area contributed by atoms with E-state index in [2.05, 4.69) is 6.92 Å². The van der Waals surface area contributed by atoms with Crippen LogP contribution in [0.1, 0.15) is 32.6 Å². The van der Waals surface area contributed by atoms with Crippen molar-refractivity contribution in [3.8, 4) is 0 Å². The molecule has 0 aliphatic heterocycles. The van der Waals surface area contributed by atoms with Gasteiger partial charge in [-0.25, -0.2) is 0 Å². The van der Waals surface area contributed by atoms with Gasteiger partial charge < -0.3 is 0 Å². The van der Waals surface area contributed by atoms with Crippen LogP contribution in [-0.2, 0) is 0 Å². The van der Waals surface area contributed by atoms with E-state index in [1.165, 1.54) is 19.3 Å². The predicted octanol–water partition coefficient (Wildman–Crippen LogP) is 1.21. The predicted molar refractivity (Wildman–Crippen MR) is 48.5 cm³/mol. The van der Waals surface area contributed by atoms with Gasteiger partial charge in [-0.1, -0.05) is 19.8 Å². The largest absolute Gasteiger partial charge is 0.211 e. The first-order valence-corrected chi connectivity index (χ1v) is 5.98. The molecule has 0 aliphatic rings. The maximum Gasteiger partial charge on any atom is 0.211 e. The number of nitrogens with two attached hydrogens (primary N) is 3. The van der Waals surface area contributed by atoms with Crippen LogP contribution in [0, 0.1) is 0 Å². The van der Waals surface area contributed by atoms with Crippen LogP contribution in [0.3, 0.4) is 0 Å². The Morgan fingerprint density at radius 2 is 1.60 bits per heavy atom. The molecule has 62 valence electrons. The Kier molecular flexibility index (Phi) is 5.18. The van der Waals surface area contributed by atoms with Gasteiger partial charge in [-0.15, -0.1) is 0 Å². The van der Waals surface area contributed by atoms with E-state index in [4.69, 9.17) is 16.5 Å². The molecule has 0 saturated carbocycles. The van der Waals surface area contributed by atoms with Gasteiger partial charge >= 0.3 is 0 Å². The molecule has 0 atom stereocenters. The molecule has 4 heteroatoms. The van der Waals surface area contributed by atoms with Crippen LogP contribution in [0.15, 0.2) is 0 Å². The van der Waals surface area contributed by atoms with Crippen LogP contribution in [0.5, 0.6) is 0 Å². The standard InChI is InChI=1S/C6H19N3P/c1-2-3-4-5-6-10(7,8)9/h2-9H2,1H3/q+1. The average Bonchev–Trinajstić information content (AvgIpc) is 1.78. The second kappa shape index (κ2) is 5.03. The number of hydrogen-bond acceptors (Lipinski definition) is 3. The molecule has 0 aromatic heterocycles. The molecule has 6 N–H and O–H groups in total. The third-order valence-electron chi connectivity index (χ3n) is 1.40. The lowest BCUT2D eigenvalue weighted by molar-refractivity contribution is 0.703. The number of hydrogen-bond donors (Lipinski definition) is 3. The van der Waals surface area contributed by atoms with Crippen LogP contribution in [0.2, 0.25) is 0 Å². The van der Waals surface area contributed by atoms with Crippen molar-refractivity contribution in [3.63, 3.8) is 0 Å². The second-order valence-electron chi connectivity index (χ2n) is 2.78. The molecule has 0 fully saturated rings. The Labute approximate surface area is 63.8 Å². The minimum Gasteiger partial charge on any atom is -0.174 e. The third-order valence-corrected chi connectivity index (χ3v) is 2.49. The fourth-order valence-corrected chi connectivity index (χ4v) is 1.58. The molecule has 0 aromatic rings. The molecule has 0 radical (unpaired) electrons. The van der Waals surface area contributed by atoms with Gasteiger partial charge in [0.15, 0.2) is 0 Å². The highest BCUT2D eigenvalue weighted by Gasteiger charge is 2.18. The van der Waals surface area contributed by atoms with Gasteiger partial charge in [-0.3, -0.25) is 0 Å². The van der Waals surface area contributed by atoms with E-state index < -0.39 is 7.71 Å². The molecular weight excluding hydrogens is 145 g/mol. The van der Waals surface area contributed by atoms with Crippen LogP contribution >= 0.6 is 7.71 Å². The van der Waals surface area contributed by atoms with E-state index in [9.17, 15) is 0 Å². The Hall–Kier alpha value is 0.310. The average molecular weight is 164 g/mol. The highest BCUT2D eigenvalue weighted by atomic mass is 31.2. The van der Waals surface area contributed by atoms with Crippen molar-refractivity contribution in [3.05, 3.63) is 0 Å². The van der Waals surface area contributed by atoms with Gasteiger partial charge in [0.1, 0.15) is 6.16 Å². The first-order valence-electron chi connectivity index (χ1n) is 3.80. The SMILES string of the molecule is CCCCCC[P+](N)(N)N. The summed E-state index contributed by atoms with van der Waals surface area (Å²) >= 11 is 0. The zero-order valence-electron chi connectivity index (χ0n) is 6.71. The van der Waals surface area contributed by atoms with Crippen molar-refractivity contribution < 1.29 is 0 Å². The Morgan fingerprint density at radius 3 is 2.00 bits per heavy atom. The highest BCUT2D eigenvalue weighted by molar-refractivity contribution is 7.69. The highest BCUT2D eigenvalue weighted by Crippen LogP contribution is 2.31. The molecule has 0 aliphatic carbocycles. The van der Waals surface area contributed by atoms with Crippen molar-refractivity contribution in [2.75, 3.05) is 6.16 Å². The van der Waals surface area contributed by atoms with E-state index in [-0.39, 0.29) is 0 Å². The summed E-state index contributed by atoms with van der Waals surface area (Å²) in [4.78, 5) is 0. The van der Waals surface area contributed by atoms with Crippen molar-refractivity contribution in [2.45, 2.75) is 32.6 Å². The second-order valence-corrected chi connectivity index (χ2v) is 5.22. The summed E-state index contributed by atoms with van der Waals surface area (Å²) in [7, 11) is -1.96. The van der Waals surface area contributed by atoms with Crippen molar-refractivity contribution in [1.82, 2.24) is 0 Å². The van der Waals surface area contributed by atoms with Crippen LogP contribution in [0.25, 0.3) is 0 Å².